The lowest BCUT2D eigenvalue weighted by atomic mass is 9.90. The Kier molecular flexibility index (Phi) is 4.73. The van der Waals surface area contributed by atoms with Crippen LogP contribution in [-0.2, 0) is 19.5 Å². The molecule has 3 rings (SSSR count). The molecule has 2 aromatic rings. The summed E-state index contributed by atoms with van der Waals surface area (Å²) in [6.45, 7) is 3.80. The summed E-state index contributed by atoms with van der Waals surface area (Å²) in [5.41, 5.74) is 8.17. The molecule has 1 saturated heterocycles. The van der Waals surface area contributed by atoms with E-state index in [0.29, 0.717) is 6.54 Å². The Balaban J connectivity index is 1.46. The van der Waals surface area contributed by atoms with E-state index in [9.17, 15) is 0 Å². The summed E-state index contributed by atoms with van der Waals surface area (Å²) in [6, 6.07) is 12.9. The third-order valence-electron chi connectivity index (χ3n) is 4.40. The topological polar surface area (TPSA) is 42.4 Å². The van der Waals surface area contributed by atoms with Gasteiger partial charge in [0.2, 0.25) is 0 Å². The average Bonchev–Trinajstić information content (AvgIpc) is 2.98. The van der Waals surface area contributed by atoms with E-state index in [1.54, 1.807) is 6.26 Å². The largest absolute Gasteiger partial charge is 0.468 e. The fraction of sp³-hybridized carbons (Fsp3) is 0.444. The lowest BCUT2D eigenvalue weighted by Gasteiger charge is -2.31. The van der Waals surface area contributed by atoms with Gasteiger partial charge >= 0.3 is 0 Å². The monoisotopic (exact) mass is 284 g/mol. The van der Waals surface area contributed by atoms with Crippen LogP contribution in [0.5, 0.6) is 0 Å². The van der Waals surface area contributed by atoms with E-state index in [1.165, 1.54) is 24.8 Å². The molecular weight excluding hydrogens is 260 g/mol. The zero-order valence-electron chi connectivity index (χ0n) is 12.5. The first-order valence-electron chi connectivity index (χ1n) is 7.86. The predicted octanol–water partition coefficient (Wildman–Crippen LogP) is 3.19. The molecule has 0 spiro atoms. The standard InChI is InChI=1S/C18H24N2O/c19-12-17-11-18(21-14-17)13-20-8-6-16(7-9-20)10-15-4-2-1-3-5-15/h1-5,11,14,16H,6-10,12-13,19H2. The molecule has 0 radical (unpaired) electrons. The minimum Gasteiger partial charge on any atom is -0.468 e. The Bertz CT molecular complexity index is 541. The van der Waals surface area contributed by atoms with Crippen molar-refractivity contribution in [1.29, 1.82) is 0 Å². The Labute approximate surface area is 126 Å². The maximum absolute atomic E-state index is 5.61. The van der Waals surface area contributed by atoms with E-state index < -0.39 is 0 Å². The molecule has 1 aromatic heterocycles. The molecule has 112 valence electrons. The summed E-state index contributed by atoms with van der Waals surface area (Å²) in [6.07, 6.45) is 5.54. The Morgan fingerprint density at radius 2 is 1.86 bits per heavy atom. The van der Waals surface area contributed by atoms with Gasteiger partial charge in [0.1, 0.15) is 5.76 Å². The molecule has 0 bridgehead atoms. The number of benzene rings is 1. The van der Waals surface area contributed by atoms with Crippen molar-refractivity contribution in [2.45, 2.75) is 32.4 Å². The number of hydrogen-bond acceptors (Lipinski definition) is 3. The normalized spacial score (nSPS) is 17.2. The summed E-state index contributed by atoms with van der Waals surface area (Å²) in [4.78, 5) is 2.49. The fourth-order valence-corrected chi connectivity index (χ4v) is 3.13. The minimum atomic E-state index is 0.558. The van der Waals surface area contributed by atoms with E-state index in [0.717, 1.165) is 36.9 Å². The molecule has 1 aliphatic heterocycles. The smallest absolute Gasteiger partial charge is 0.118 e. The van der Waals surface area contributed by atoms with Crippen LogP contribution in [-0.4, -0.2) is 18.0 Å². The summed E-state index contributed by atoms with van der Waals surface area (Å²) in [7, 11) is 0. The Morgan fingerprint density at radius 3 is 2.52 bits per heavy atom. The van der Waals surface area contributed by atoms with Crippen LogP contribution in [0.25, 0.3) is 0 Å². The van der Waals surface area contributed by atoms with Gasteiger partial charge in [-0.15, -0.1) is 0 Å². The van der Waals surface area contributed by atoms with E-state index in [4.69, 9.17) is 10.2 Å². The van der Waals surface area contributed by atoms with Gasteiger partial charge in [-0.05, 0) is 49.9 Å². The number of piperidine rings is 1. The zero-order chi connectivity index (χ0) is 14.5. The maximum Gasteiger partial charge on any atom is 0.118 e. The number of rotatable bonds is 5. The molecule has 0 aliphatic carbocycles. The minimum absolute atomic E-state index is 0.558. The van der Waals surface area contributed by atoms with Crippen LogP contribution in [0, 0.1) is 5.92 Å². The lowest BCUT2D eigenvalue weighted by Crippen LogP contribution is -2.33. The van der Waals surface area contributed by atoms with Gasteiger partial charge in [0.05, 0.1) is 12.8 Å². The summed E-state index contributed by atoms with van der Waals surface area (Å²) >= 11 is 0. The molecular formula is C18H24N2O. The first-order chi connectivity index (χ1) is 10.3. The van der Waals surface area contributed by atoms with Crippen LogP contribution in [0.1, 0.15) is 29.7 Å². The molecule has 1 aliphatic rings. The molecule has 3 nitrogen and oxygen atoms in total. The third-order valence-corrected chi connectivity index (χ3v) is 4.40. The number of nitrogens with zero attached hydrogens (tertiary/aromatic N) is 1. The van der Waals surface area contributed by atoms with Crippen LogP contribution < -0.4 is 5.73 Å². The van der Waals surface area contributed by atoms with E-state index in [1.807, 2.05) is 0 Å². The summed E-state index contributed by atoms with van der Waals surface area (Å²) < 4.78 is 5.56. The summed E-state index contributed by atoms with van der Waals surface area (Å²) in [5.74, 6) is 1.86. The lowest BCUT2D eigenvalue weighted by molar-refractivity contribution is 0.166. The van der Waals surface area contributed by atoms with Crippen molar-refractivity contribution in [1.82, 2.24) is 4.90 Å². The molecule has 0 amide bonds. The van der Waals surface area contributed by atoms with Crippen LogP contribution >= 0.6 is 0 Å². The highest BCUT2D eigenvalue weighted by Crippen LogP contribution is 2.23. The molecule has 21 heavy (non-hydrogen) atoms. The van der Waals surface area contributed by atoms with Crippen molar-refractivity contribution in [3.63, 3.8) is 0 Å². The van der Waals surface area contributed by atoms with E-state index >= 15 is 0 Å². The zero-order valence-corrected chi connectivity index (χ0v) is 12.5. The number of likely N-dealkylation sites (tertiary alicyclic amines) is 1. The SMILES string of the molecule is NCc1coc(CN2CCC(Cc3ccccc3)CC2)c1. The molecule has 2 heterocycles. The summed E-state index contributed by atoms with van der Waals surface area (Å²) in [5, 5.41) is 0. The van der Waals surface area contributed by atoms with Crippen LogP contribution in [0.15, 0.2) is 47.1 Å². The van der Waals surface area contributed by atoms with Gasteiger partial charge in [-0.2, -0.15) is 0 Å². The predicted molar refractivity (Wildman–Crippen MR) is 84.7 cm³/mol. The van der Waals surface area contributed by atoms with Crippen molar-refractivity contribution in [2.24, 2.45) is 11.7 Å². The second-order valence-electron chi connectivity index (χ2n) is 6.03. The molecule has 2 N–H and O–H groups in total. The van der Waals surface area contributed by atoms with Gasteiger partial charge in [-0.25, -0.2) is 0 Å². The van der Waals surface area contributed by atoms with Crippen molar-refractivity contribution >= 4 is 0 Å². The Hall–Kier alpha value is -1.58. The van der Waals surface area contributed by atoms with Gasteiger partial charge in [-0.3, -0.25) is 4.90 Å². The van der Waals surface area contributed by atoms with E-state index in [-0.39, 0.29) is 0 Å². The molecule has 3 heteroatoms. The first kappa shape index (κ1) is 14.4. The highest BCUT2D eigenvalue weighted by Gasteiger charge is 2.20. The van der Waals surface area contributed by atoms with Gasteiger partial charge in [0.15, 0.2) is 0 Å². The molecule has 1 aromatic carbocycles. The molecule has 0 unspecified atom stereocenters. The quantitative estimate of drug-likeness (QED) is 0.917. The van der Waals surface area contributed by atoms with Gasteiger partial charge in [-0.1, -0.05) is 30.3 Å². The van der Waals surface area contributed by atoms with Crippen LogP contribution in [0.4, 0.5) is 0 Å². The van der Waals surface area contributed by atoms with Crippen LogP contribution in [0.3, 0.4) is 0 Å². The van der Waals surface area contributed by atoms with Crippen molar-refractivity contribution in [2.75, 3.05) is 13.1 Å². The molecule has 0 atom stereocenters. The average molecular weight is 284 g/mol. The van der Waals surface area contributed by atoms with Crippen molar-refractivity contribution in [3.05, 3.63) is 59.5 Å². The second-order valence-corrected chi connectivity index (χ2v) is 6.03. The number of furan rings is 1. The highest BCUT2D eigenvalue weighted by atomic mass is 16.3. The highest BCUT2D eigenvalue weighted by molar-refractivity contribution is 5.15. The van der Waals surface area contributed by atoms with E-state index in [2.05, 4.69) is 41.3 Å². The van der Waals surface area contributed by atoms with Crippen molar-refractivity contribution in [3.8, 4) is 0 Å². The van der Waals surface area contributed by atoms with Crippen molar-refractivity contribution < 1.29 is 4.42 Å². The second kappa shape index (κ2) is 6.92. The molecule has 0 saturated carbocycles. The van der Waals surface area contributed by atoms with Gasteiger partial charge in [0, 0.05) is 12.1 Å². The van der Waals surface area contributed by atoms with Crippen LogP contribution in [0.2, 0.25) is 0 Å². The Morgan fingerprint density at radius 1 is 1.10 bits per heavy atom. The fourth-order valence-electron chi connectivity index (χ4n) is 3.13. The van der Waals surface area contributed by atoms with Gasteiger partial charge < -0.3 is 10.2 Å². The number of nitrogens with two attached hydrogens (primary N) is 1. The maximum atomic E-state index is 5.61. The third kappa shape index (κ3) is 3.96. The molecule has 1 fully saturated rings. The number of hydrogen-bond donors (Lipinski definition) is 1. The first-order valence-corrected chi connectivity index (χ1v) is 7.86. The van der Waals surface area contributed by atoms with Gasteiger partial charge in [0.25, 0.3) is 0 Å².